The topological polar surface area (TPSA) is 75.3 Å². The van der Waals surface area contributed by atoms with E-state index in [2.05, 4.69) is 26.0 Å². The molecule has 0 unspecified atom stereocenters. The molecule has 3 aromatic rings. The van der Waals surface area contributed by atoms with Crippen LogP contribution in [-0.2, 0) is 21.2 Å². The molecule has 0 spiro atoms. The largest absolute Gasteiger partial charge is 0.348 e. The Kier molecular flexibility index (Phi) is 8.36. The molecule has 0 saturated heterocycles. The van der Waals surface area contributed by atoms with Gasteiger partial charge in [0.15, 0.2) is 0 Å². The molecule has 0 aliphatic rings. The van der Waals surface area contributed by atoms with E-state index in [1.807, 2.05) is 61.5 Å². The van der Waals surface area contributed by atoms with Gasteiger partial charge in [0.1, 0.15) is 10.9 Å². The first-order valence-electron chi connectivity index (χ1n) is 9.73. The molecule has 1 amide bonds. The number of sulfonamides is 1. The Morgan fingerprint density at radius 1 is 1.00 bits per heavy atom. The highest BCUT2D eigenvalue weighted by molar-refractivity contribution is 9.10. The van der Waals surface area contributed by atoms with Crippen molar-refractivity contribution in [3.8, 4) is 0 Å². The van der Waals surface area contributed by atoms with Crippen molar-refractivity contribution in [1.82, 2.24) is 10.0 Å². The average molecular weight is 556 g/mol. The van der Waals surface area contributed by atoms with Crippen LogP contribution in [0, 0.1) is 0 Å². The molecule has 0 heterocycles. The summed E-state index contributed by atoms with van der Waals surface area (Å²) in [6.07, 6.45) is 0.162. The molecule has 2 atom stereocenters. The number of amides is 1. The van der Waals surface area contributed by atoms with Crippen molar-refractivity contribution in [2.45, 2.75) is 30.3 Å². The maximum absolute atomic E-state index is 13.2. The number of halogens is 3. The second-order valence-electron chi connectivity index (χ2n) is 7.22. The Morgan fingerprint density at radius 2 is 1.72 bits per heavy atom. The van der Waals surface area contributed by atoms with Gasteiger partial charge in [-0.3, -0.25) is 4.79 Å². The minimum Gasteiger partial charge on any atom is -0.348 e. The lowest BCUT2D eigenvalue weighted by molar-refractivity contribution is -0.123. The molecule has 0 aliphatic carbocycles. The van der Waals surface area contributed by atoms with Crippen molar-refractivity contribution >= 4 is 55.1 Å². The predicted molar refractivity (Wildman–Crippen MR) is 131 cm³/mol. The van der Waals surface area contributed by atoms with Gasteiger partial charge in [0.05, 0.1) is 11.1 Å². The van der Waals surface area contributed by atoms with Gasteiger partial charge in [-0.25, -0.2) is 8.42 Å². The molecule has 5 nitrogen and oxygen atoms in total. The third-order valence-electron chi connectivity index (χ3n) is 4.79. The first kappa shape index (κ1) is 24.7. The monoisotopic (exact) mass is 554 g/mol. The molecule has 0 saturated carbocycles. The smallest absolute Gasteiger partial charge is 0.242 e. The number of carbonyl (C=O) groups excluding carboxylic acids is 1. The zero-order valence-corrected chi connectivity index (χ0v) is 21.0. The van der Waals surface area contributed by atoms with Gasteiger partial charge in [-0.1, -0.05) is 81.6 Å². The van der Waals surface area contributed by atoms with Crippen LogP contribution in [0.2, 0.25) is 10.0 Å². The van der Waals surface area contributed by atoms with E-state index in [9.17, 15) is 13.2 Å². The average Bonchev–Trinajstić information content (AvgIpc) is 2.75. The molecule has 168 valence electrons. The molecule has 3 rings (SSSR count). The van der Waals surface area contributed by atoms with E-state index in [0.29, 0.717) is 0 Å². The molecule has 0 aromatic heterocycles. The van der Waals surface area contributed by atoms with E-state index < -0.39 is 22.0 Å². The minimum absolute atomic E-state index is 0.0169. The van der Waals surface area contributed by atoms with E-state index in [1.54, 1.807) is 0 Å². The molecule has 0 fully saturated rings. The SMILES string of the molecule is C[C@@H](NC(=O)[C@@H](Cc1ccccc1)NS(=O)(=O)c1cc(Cl)ccc1Cl)c1cccc(Br)c1. The van der Waals surface area contributed by atoms with Crippen LogP contribution in [0.3, 0.4) is 0 Å². The molecular weight excluding hydrogens is 535 g/mol. The fourth-order valence-corrected chi connectivity index (χ4v) is 5.52. The predicted octanol–water partition coefficient (Wildman–Crippen LogP) is 5.52. The van der Waals surface area contributed by atoms with E-state index >= 15 is 0 Å². The molecule has 32 heavy (non-hydrogen) atoms. The summed E-state index contributed by atoms with van der Waals surface area (Å²) in [7, 11) is -4.12. The number of nitrogens with one attached hydrogen (secondary N) is 2. The van der Waals surface area contributed by atoms with E-state index in [0.717, 1.165) is 15.6 Å². The van der Waals surface area contributed by atoms with Gasteiger partial charge in [0.25, 0.3) is 0 Å². The molecule has 0 radical (unpaired) electrons. The molecule has 9 heteroatoms. The van der Waals surface area contributed by atoms with Crippen LogP contribution in [-0.4, -0.2) is 20.4 Å². The maximum Gasteiger partial charge on any atom is 0.242 e. The van der Waals surface area contributed by atoms with Gasteiger partial charge in [0.2, 0.25) is 15.9 Å². The van der Waals surface area contributed by atoms with Crippen LogP contribution in [0.1, 0.15) is 24.1 Å². The van der Waals surface area contributed by atoms with Gasteiger partial charge in [-0.15, -0.1) is 0 Å². The third-order valence-corrected chi connectivity index (χ3v) is 7.47. The third kappa shape index (κ3) is 6.56. The Bertz CT molecular complexity index is 1210. The second-order valence-corrected chi connectivity index (χ2v) is 10.7. The highest BCUT2D eigenvalue weighted by atomic mass is 79.9. The summed E-state index contributed by atoms with van der Waals surface area (Å²) < 4.78 is 29.5. The summed E-state index contributed by atoms with van der Waals surface area (Å²) in [5.74, 6) is -0.456. The number of carbonyl (C=O) groups is 1. The van der Waals surface area contributed by atoms with Gasteiger partial charge < -0.3 is 5.32 Å². The van der Waals surface area contributed by atoms with E-state index in [4.69, 9.17) is 23.2 Å². The lowest BCUT2D eigenvalue weighted by Crippen LogP contribution is -2.48. The fraction of sp³-hybridized carbons (Fsp3) is 0.174. The van der Waals surface area contributed by atoms with E-state index in [-0.39, 0.29) is 27.4 Å². The van der Waals surface area contributed by atoms with Crippen LogP contribution in [0.4, 0.5) is 0 Å². The molecule has 2 N–H and O–H groups in total. The summed E-state index contributed by atoms with van der Waals surface area (Å²) in [4.78, 5) is 13.0. The standard InChI is InChI=1S/C23H21BrCl2N2O3S/c1-15(17-8-5-9-18(24)13-17)27-23(29)21(12-16-6-3-2-4-7-16)28-32(30,31)22-14-19(25)10-11-20(22)26/h2-11,13-15,21,28H,12H2,1H3,(H,27,29)/t15-,21-/m1/s1. The van der Waals surface area contributed by atoms with Crippen LogP contribution in [0.5, 0.6) is 0 Å². The number of hydrogen-bond donors (Lipinski definition) is 2. The molecule has 0 bridgehead atoms. The summed E-state index contributed by atoms with van der Waals surface area (Å²) in [5.41, 5.74) is 1.69. The molecule has 0 aliphatic heterocycles. The molecule has 3 aromatic carbocycles. The Morgan fingerprint density at radius 3 is 2.41 bits per heavy atom. The van der Waals surface area contributed by atoms with Crippen molar-refractivity contribution in [3.05, 3.63) is 98.4 Å². The Hall–Kier alpha value is -1.90. The van der Waals surface area contributed by atoms with Crippen molar-refractivity contribution < 1.29 is 13.2 Å². The van der Waals surface area contributed by atoms with Crippen molar-refractivity contribution in [1.29, 1.82) is 0 Å². The summed E-state index contributed by atoms with van der Waals surface area (Å²) in [6, 6.07) is 19.5. The van der Waals surface area contributed by atoms with Gasteiger partial charge in [-0.2, -0.15) is 4.72 Å². The highest BCUT2D eigenvalue weighted by Crippen LogP contribution is 2.25. The minimum atomic E-state index is -4.12. The fourth-order valence-electron chi connectivity index (χ4n) is 3.14. The zero-order valence-electron chi connectivity index (χ0n) is 17.1. The Balaban J connectivity index is 1.87. The quantitative estimate of drug-likeness (QED) is 0.384. The summed E-state index contributed by atoms with van der Waals surface area (Å²) >= 11 is 15.5. The summed E-state index contributed by atoms with van der Waals surface area (Å²) in [5, 5.41) is 3.14. The van der Waals surface area contributed by atoms with Crippen LogP contribution in [0.25, 0.3) is 0 Å². The Labute approximate surface area is 206 Å². The van der Waals surface area contributed by atoms with Gasteiger partial charge in [0, 0.05) is 9.50 Å². The lowest BCUT2D eigenvalue weighted by Gasteiger charge is -2.22. The molecular formula is C23H21BrCl2N2O3S. The highest BCUT2D eigenvalue weighted by Gasteiger charge is 2.28. The number of hydrogen-bond acceptors (Lipinski definition) is 3. The zero-order chi connectivity index (χ0) is 23.3. The van der Waals surface area contributed by atoms with Crippen molar-refractivity contribution in [3.63, 3.8) is 0 Å². The van der Waals surface area contributed by atoms with Crippen LogP contribution in [0.15, 0.2) is 82.2 Å². The number of benzene rings is 3. The summed E-state index contributed by atoms with van der Waals surface area (Å²) in [6.45, 7) is 1.83. The maximum atomic E-state index is 13.2. The van der Waals surface area contributed by atoms with Gasteiger partial charge in [-0.05, 0) is 54.8 Å². The van der Waals surface area contributed by atoms with Gasteiger partial charge >= 0.3 is 0 Å². The number of rotatable bonds is 8. The first-order valence-corrected chi connectivity index (χ1v) is 12.8. The van der Waals surface area contributed by atoms with Crippen LogP contribution < -0.4 is 10.0 Å². The normalized spacial score (nSPS) is 13.4. The van der Waals surface area contributed by atoms with Crippen LogP contribution >= 0.6 is 39.1 Å². The second kappa shape index (κ2) is 10.8. The van der Waals surface area contributed by atoms with Crippen molar-refractivity contribution in [2.75, 3.05) is 0 Å². The first-order chi connectivity index (χ1) is 15.2. The lowest BCUT2D eigenvalue weighted by atomic mass is 10.0. The van der Waals surface area contributed by atoms with E-state index in [1.165, 1.54) is 18.2 Å². The van der Waals surface area contributed by atoms with Crippen molar-refractivity contribution in [2.24, 2.45) is 0 Å².